The van der Waals surface area contributed by atoms with Crippen LogP contribution in [0.5, 0.6) is 0 Å². The third-order valence-corrected chi connectivity index (χ3v) is 3.28. The normalized spacial score (nSPS) is 10.5. The molecule has 0 amide bonds. The second kappa shape index (κ2) is 4.75. The molecular formula is C13H15N3S. The van der Waals surface area contributed by atoms with Gasteiger partial charge in [0, 0.05) is 22.0 Å². The monoisotopic (exact) mass is 245 g/mol. The van der Waals surface area contributed by atoms with Crippen molar-refractivity contribution in [3.63, 3.8) is 0 Å². The molecule has 2 rings (SSSR count). The molecule has 2 N–H and O–H groups in total. The summed E-state index contributed by atoms with van der Waals surface area (Å²) in [6.07, 6.45) is 0. The predicted octanol–water partition coefficient (Wildman–Crippen LogP) is 3.14. The molecule has 1 heterocycles. The average Bonchev–Trinajstić information content (AvgIpc) is 2.22. The smallest absolute Gasteiger partial charge is 0.192 e. The number of aryl methyl sites for hydroxylation is 3. The molecule has 17 heavy (non-hydrogen) atoms. The molecule has 0 saturated carbocycles. The van der Waals surface area contributed by atoms with Crippen LogP contribution < -0.4 is 5.73 Å². The van der Waals surface area contributed by atoms with Gasteiger partial charge in [0.1, 0.15) is 0 Å². The maximum atomic E-state index is 5.88. The third-order valence-electron chi connectivity index (χ3n) is 2.42. The van der Waals surface area contributed by atoms with E-state index < -0.39 is 0 Å². The Balaban J connectivity index is 2.28. The van der Waals surface area contributed by atoms with Crippen LogP contribution >= 0.6 is 11.8 Å². The summed E-state index contributed by atoms with van der Waals surface area (Å²) in [4.78, 5) is 9.85. The zero-order chi connectivity index (χ0) is 12.4. The second-order valence-corrected chi connectivity index (χ2v) is 5.09. The zero-order valence-corrected chi connectivity index (χ0v) is 11.0. The van der Waals surface area contributed by atoms with Crippen molar-refractivity contribution in [1.82, 2.24) is 9.97 Å². The first-order valence-electron chi connectivity index (χ1n) is 5.41. The summed E-state index contributed by atoms with van der Waals surface area (Å²) in [5, 5.41) is 0.769. The summed E-state index contributed by atoms with van der Waals surface area (Å²) in [6, 6.07) is 7.98. The summed E-state index contributed by atoms with van der Waals surface area (Å²) >= 11 is 1.54. The first kappa shape index (κ1) is 11.9. The van der Waals surface area contributed by atoms with Crippen LogP contribution in [0, 0.1) is 20.8 Å². The molecule has 3 nitrogen and oxygen atoms in total. The average molecular weight is 245 g/mol. The Morgan fingerprint density at radius 3 is 2.24 bits per heavy atom. The maximum absolute atomic E-state index is 5.88. The van der Waals surface area contributed by atoms with Crippen LogP contribution in [0.1, 0.15) is 17.0 Å². The quantitative estimate of drug-likeness (QED) is 0.652. The molecular weight excluding hydrogens is 230 g/mol. The maximum Gasteiger partial charge on any atom is 0.192 e. The summed E-state index contributed by atoms with van der Waals surface area (Å²) in [5.74, 6) is 0. The minimum atomic E-state index is 0.769. The number of hydrogen-bond donors (Lipinski definition) is 1. The fourth-order valence-corrected chi connectivity index (χ4v) is 2.44. The van der Waals surface area contributed by atoms with Crippen LogP contribution in [0.3, 0.4) is 0 Å². The van der Waals surface area contributed by atoms with Crippen molar-refractivity contribution in [2.24, 2.45) is 0 Å². The van der Waals surface area contributed by atoms with Crippen molar-refractivity contribution in [2.45, 2.75) is 30.8 Å². The Labute approximate surface area is 105 Å². The second-order valence-electron chi connectivity index (χ2n) is 4.05. The van der Waals surface area contributed by atoms with Gasteiger partial charge >= 0.3 is 0 Å². The summed E-state index contributed by atoms with van der Waals surface area (Å²) in [7, 11) is 0. The van der Waals surface area contributed by atoms with Crippen LogP contribution in [0.15, 0.2) is 34.3 Å². The molecule has 0 spiro atoms. The molecule has 0 atom stereocenters. The van der Waals surface area contributed by atoms with Crippen molar-refractivity contribution >= 4 is 17.4 Å². The SMILES string of the molecule is Cc1cc(C)nc(Sc2ccc(C)c(N)c2)n1. The molecule has 0 radical (unpaired) electrons. The van der Waals surface area contributed by atoms with Crippen molar-refractivity contribution < 1.29 is 0 Å². The summed E-state index contributed by atoms with van der Waals surface area (Å²) in [5.41, 5.74) is 9.75. The number of anilines is 1. The third kappa shape index (κ3) is 2.97. The van der Waals surface area contributed by atoms with Gasteiger partial charge in [-0.25, -0.2) is 9.97 Å². The van der Waals surface area contributed by atoms with Crippen molar-refractivity contribution in [3.05, 3.63) is 41.2 Å². The van der Waals surface area contributed by atoms with Crippen molar-refractivity contribution in [3.8, 4) is 0 Å². The van der Waals surface area contributed by atoms with Gasteiger partial charge in [-0.05, 0) is 56.3 Å². The van der Waals surface area contributed by atoms with Gasteiger partial charge in [-0.3, -0.25) is 0 Å². The van der Waals surface area contributed by atoms with E-state index in [9.17, 15) is 0 Å². The minimum absolute atomic E-state index is 0.769. The van der Waals surface area contributed by atoms with Gasteiger partial charge in [0.2, 0.25) is 0 Å². The lowest BCUT2D eigenvalue weighted by Gasteiger charge is -2.05. The van der Waals surface area contributed by atoms with Gasteiger partial charge in [0.15, 0.2) is 5.16 Å². The number of benzene rings is 1. The van der Waals surface area contributed by atoms with E-state index in [2.05, 4.69) is 9.97 Å². The van der Waals surface area contributed by atoms with Crippen LogP contribution in [0.25, 0.3) is 0 Å². The van der Waals surface area contributed by atoms with E-state index >= 15 is 0 Å². The van der Waals surface area contributed by atoms with E-state index in [-0.39, 0.29) is 0 Å². The molecule has 0 aliphatic carbocycles. The van der Waals surface area contributed by atoms with Gasteiger partial charge < -0.3 is 5.73 Å². The van der Waals surface area contributed by atoms with Gasteiger partial charge in [0.05, 0.1) is 0 Å². The Kier molecular flexibility index (Phi) is 3.33. The molecule has 0 saturated heterocycles. The van der Waals surface area contributed by atoms with Crippen LogP contribution in [0.4, 0.5) is 5.69 Å². The zero-order valence-electron chi connectivity index (χ0n) is 10.2. The van der Waals surface area contributed by atoms with Gasteiger partial charge in [-0.15, -0.1) is 0 Å². The topological polar surface area (TPSA) is 51.8 Å². The van der Waals surface area contributed by atoms with E-state index in [1.165, 1.54) is 11.8 Å². The molecule has 1 aromatic carbocycles. The number of nitrogens with zero attached hydrogens (tertiary/aromatic N) is 2. The van der Waals surface area contributed by atoms with Crippen molar-refractivity contribution in [2.75, 3.05) is 5.73 Å². The minimum Gasteiger partial charge on any atom is -0.398 e. The first-order chi connectivity index (χ1) is 8.04. The Morgan fingerprint density at radius 2 is 1.65 bits per heavy atom. The van der Waals surface area contributed by atoms with Gasteiger partial charge in [0.25, 0.3) is 0 Å². The molecule has 88 valence electrons. The van der Waals surface area contributed by atoms with E-state index in [1.54, 1.807) is 0 Å². The number of nitrogens with two attached hydrogens (primary N) is 1. The van der Waals surface area contributed by atoms with Gasteiger partial charge in [-0.1, -0.05) is 6.07 Å². The van der Waals surface area contributed by atoms with E-state index in [0.29, 0.717) is 0 Å². The van der Waals surface area contributed by atoms with E-state index in [1.807, 2.05) is 45.0 Å². The largest absolute Gasteiger partial charge is 0.398 e. The van der Waals surface area contributed by atoms with E-state index in [4.69, 9.17) is 5.73 Å². The van der Waals surface area contributed by atoms with Crippen molar-refractivity contribution in [1.29, 1.82) is 0 Å². The Hall–Kier alpha value is -1.55. The lowest BCUT2D eigenvalue weighted by atomic mass is 10.2. The first-order valence-corrected chi connectivity index (χ1v) is 6.22. The molecule has 4 heteroatoms. The highest BCUT2D eigenvalue weighted by Gasteiger charge is 2.04. The summed E-state index contributed by atoms with van der Waals surface area (Å²) in [6.45, 7) is 5.95. The van der Waals surface area contributed by atoms with Gasteiger partial charge in [-0.2, -0.15) is 0 Å². The molecule has 0 bridgehead atoms. The molecule has 2 aromatic rings. The number of rotatable bonds is 2. The Bertz CT molecular complexity index is 532. The van der Waals surface area contributed by atoms with Crippen LogP contribution in [-0.2, 0) is 0 Å². The molecule has 0 aliphatic heterocycles. The number of aromatic nitrogens is 2. The van der Waals surface area contributed by atoms with Crippen LogP contribution in [0.2, 0.25) is 0 Å². The predicted molar refractivity (Wildman–Crippen MR) is 71.2 cm³/mol. The lowest BCUT2D eigenvalue weighted by molar-refractivity contribution is 0.902. The lowest BCUT2D eigenvalue weighted by Crippen LogP contribution is -1.93. The number of nitrogen functional groups attached to an aromatic ring is 1. The summed E-state index contributed by atoms with van der Waals surface area (Å²) < 4.78 is 0. The highest BCUT2D eigenvalue weighted by atomic mass is 32.2. The van der Waals surface area contributed by atoms with Crippen LogP contribution in [-0.4, -0.2) is 9.97 Å². The Morgan fingerprint density at radius 1 is 1.00 bits per heavy atom. The molecule has 1 aromatic heterocycles. The molecule has 0 aliphatic rings. The fraction of sp³-hybridized carbons (Fsp3) is 0.231. The highest BCUT2D eigenvalue weighted by molar-refractivity contribution is 7.99. The fourth-order valence-electron chi connectivity index (χ4n) is 1.53. The van der Waals surface area contributed by atoms with E-state index in [0.717, 1.165) is 32.7 Å². The molecule has 0 fully saturated rings. The highest BCUT2D eigenvalue weighted by Crippen LogP contribution is 2.27. The standard InChI is InChI=1S/C13H15N3S/c1-8-4-5-11(7-12(8)14)17-13-15-9(2)6-10(3)16-13/h4-7H,14H2,1-3H3. The number of hydrogen-bond acceptors (Lipinski definition) is 4. The molecule has 0 unspecified atom stereocenters.